The highest BCUT2D eigenvalue weighted by molar-refractivity contribution is 6.30. The fraction of sp³-hybridized carbons (Fsp3) is 0.455. The van der Waals surface area contributed by atoms with Crippen LogP contribution < -0.4 is 5.73 Å². The predicted molar refractivity (Wildman–Crippen MR) is 68.6 cm³/mol. The highest BCUT2D eigenvalue weighted by atomic mass is 35.5. The van der Waals surface area contributed by atoms with E-state index < -0.39 is 0 Å². The number of benzene rings is 1. The summed E-state index contributed by atoms with van der Waals surface area (Å²) in [5, 5.41) is 0.422. The number of nitrogens with two attached hydrogens (primary N) is 1. The number of rotatable bonds is 4. The van der Waals surface area contributed by atoms with E-state index in [4.69, 9.17) is 17.3 Å². The van der Waals surface area contributed by atoms with E-state index in [1.54, 1.807) is 12.1 Å². The lowest BCUT2D eigenvalue weighted by Crippen LogP contribution is -2.34. The molecule has 0 aromatic heterocycles. The van der Waals surface area contributed by atoms with Gasteiger partial charge in [0, 0.05) is 29.7 Å². The second kappa shape index (κ2) is 7.07. The van der Waals surface area contributed by atoms with Gasteiger partial charge in [-0.25, -0.2) is 4.39 Å². The summed E-state index contributed by atoms with van der Waals surface area (Å²) in [6.45, 7) is 3.11. The summed E-state index contributed by atoms with van der Waals surface area (Å²) in [6, 6.07) is 4.97. The van der Waals surface area contributed by atoms with E-state index in [9.17, 15) is 4.39 Å². The number of nitrogens with zero attached hydrogens (tertiary/aromatic N) is 1. The molecule has 2 N–H and O–H groups in total. The van der Waals surface area contributed by atoms with Crippen LogP contribution in [0.5, 0.6) is 0 Å². The quantitative estimate of drug-likeness (QED) is 0.908. The van der Waals surface area contributed by atoms with Gasteiger partial charge in [-0.2, -0.15) is 0 Å². The van der Waals surface area contributed by atoms with Crippen molar-refractivity contribution in [3.63, 3.8) is 0 Å². The summed E-state index contributed by atoms with van der Waals surface area (Å²) in [4.78, 5) is 2.01. The average Bonchev–Trinajstić information content (AvgIpc) is 2.20. The van der Waals surface area contributed by atoms with Crippen molar-refractivity contribution >= 4 is 24.0 Å². The van der Waals surface area contributed by atoms with E-state index in [2.05, 4.69) is 0 Å². The van der Waals surface area contributed by atoms with Gasteiger partial charge in [-0.1, -0.05) is 17.7 Å². The van der Waals surface area contributed by atoms with Crippen molar-refractivity contribution in [2.75, 3.05) is 13.6 Å². The number of halogens is 3. The van der Waals surface area contributed by atoms with Gasteiger partial charge in [0.25, 0.3) is 0 Å². The molecule has 0 spiro atoms. The Hall–Kier alpha value is -0.350. The zero-order chi connectivity index (χ0) is 11.4. The summed E-state index contributed by atoms with van der Waals surface area (Å²) in [5.74, 6) is -0.265. The van der Waals surface area contributed by atoms with Crippen molar-refractivity contribution < 1.29 is 4.39 Å². The summed E-state index contributed by atoms with van der Waals surface area (Å²) >= 11 is 5.67. The summed E-state index contributed by atoms with van der Waals surface area (Å²) in [6.07, 6.45) is 0. The normalized spacial score (nSPS) is 12.4. The maximum Gasteiger partial charge on any atom is 0.129 e. The Morgan fingerprint density at radius 1 is 1.50 bits per heavy atom. The third-order valence-corrected chi connectivity index (χ3v) is 2.76. The maximum atomic E-state index is 13.4. The van der Waals surface area contributed by atoms with Crippen LogP contribution in [0.25, 0.3) is 0 Å². The molecule has 0 aliphatic heterocycles. The van der Waals surface area contributed by atoms with Crippen molar-refractivity contribution in [2.45, 2.75) is 19.5 Å². The van der Waals surface area contributed by atoms with Gasteiger partial charge in [-0.05, 0) is 26.1 Å². The van der Waals surface area contributed by atoms with Crippen LogP contribution in [0.1, 0.15) is 12.5 Å². The molecule has 0 radical (unpaired) electrons. The Morgan fingerprint density at radius 3 is 2.62 bits per heavy atom. The largest absolute Gasteiger partial charge is 0.329 e. The van der Waals surface area contributed by atoms with E-state index in [0.29, 0.717) is 23.7 Å². The standard InChI is InChI=1S/C11H16ClFN2.ClH/c1-8(6-14)15(2)7-9-3-4-10(12)5-11(9)13;/h3-5,8H,6-7,14H2,1-2H3;1H. The summed E-state index contributed by atoms with van der Waals surface area (Å²) in [5.41, 5.74) is 6.17. The molecule has 0 aliphatic rings. The molecule has 16 heavy (non-hydrogen) atoms. The van der Waals surface area contributed by atoms with Gasteiger partial charge in [0.1, 0.15) is 5.82 Å². The van der Waals surface area contributed by atoms with E-state index in [1.807, 2.05) is 18.9 Å². The number of hydrogen-bond acceptors (Lipinski definition) is 2. The Morgan fingerprint density at radius 2 is 2.12 bits per heavy atom. The molecule has 1 aromatic carbocycles. The topological polar surface area (TPSA) is 29.3 Å². The van der Waals surface area contributed by atoms with E-state index in [0.717, 1.165) is 0 Å². The first-order chi connectivity index (χ1) is 7.04. The number of hydrogen-bond donors (Lipinski definition) is 1. The minimum absolute atomic E-state index is 0. The van der Waals surface area contributed by atoms with Gasteiger partial charge < -0.3 is 5.73 Å². The van der Waals surface area contributed by atoms with Crippen LogP contribution in [0.3, 0.4) is 0 Å². The molecule has 0 heterocycles. The molecule has 1 aromatic rings. The average molecular weight is 267 g/mol. The lowest BCUT2D eigenvalue weighted by Gasteiger charge is -2.23. The Balaban J connectivity index is 0.00000225. The molecule has 0 amide bonds. The summed E-state index contributed by atoms with van der Waals surface area (Å²) in [7, 11) is 1.92. The minimum atomic E-state index is -0.265. The van der Waals surface area contributed by atoms with E-state index in [1.165, 1.54) is 6.07 Å². The monoisotopic (exact) mass is 266 g/mol. The van der Waals surface area contributed by atoms with E-state index >= 15 is 0 Å². The van der Waals surface area contributed by atoms with Crippen molar-refractivity contribution in [1.82, 2.24) is 4.90 Å². The molecule has 1 unspecified atom stereocenters. The molecule has 1 rings (SSSR count). The van der Waals surface area contributed by atoms with Crippen molar-refractivity contribution in [3.05, 3.63) is 34.6 Å². The molecular formula is C11H17Cl2FN2. The molecule has 0 fully saturated rings. The minimum Gasteiger partial charge on any atom is -0.329 e. The van der Waals surface area contributed by atoms with Crippen LogP contribution in [0.4, 0.5) is 4.39 Å². The van der Waals surface area contributed by atoms with Crippen molar-refractivity contribution in [3.8, 4) is 0 Å². The number of likely N-dealkylation sites (N-methyl/N-ethyl adjacent to an activating group) is 1. The highest BCUT2D eigenvalue weighted by Crippen LogP contribution is 2.16. The van der Waals surface area contributed by atoms with Crippen LogP contribution in [-0.2, 0) is 6.54 Å². The van der Waals surface area contributed by atoms with Gasteiger partial charge in [-0.3, -0.25) is 4.90 Å². The molecule has 0 saturated carbocycles. The van der Waals surface area contributed by atoms with Crippen LogP contribution in [0.2, 0.25) is 5.02 Å². The zero-order valence-electron chi connectivity index (χ0n) is 9.41. The van der Waals surface area contributed by atoms with Gasteiger partial charge >= 0.3 is 0 Å². The first kappa shape index (κ1) is 15.7. The molecule has 5 heteroatoms. The molecule has 92 valence electrons. The fourth-order valence-electron chi connectivity index (χ4n) is 1.25. The second-order valence-corrected chi connectivity index (χ2v) is 4.17. The smallest absolute Gasteiger partial charge is 0.129 e. The van der Waals surface area contributed by atoms with Gasteiger partial charge in [0.15, 0.2) is 0 Å². The van der Waals surface area contributed by atoms with Crippen LogP contribution in [0, 0.1) is 5.82 Å². The third kappa shape index (κ3) is 4.26. The van der Waals surface area contributed by atoms with Crippen molar-refractivity contribution in [1.29, 1.82) is 0 Å². The van der Waals surface area contributed by atoms with E-state index in [-0.39, 0.29) is 24.3 Å². The second-order valence-electron chi connectivity index (χ2n) is 3.74. The zero-order valence-corrected chi connectivity index (χ0v) is 11.0. The molecule has 0 aliphatic carbocycles. The first-order valence-electron chi connectivity index (χ1n) is 4.89. The van der Waals surface area contributed by atoms with Gasteiger partial charge in [0.05, 0.1) is 0 Å². The third-order valence-electron chi connectivity index (χ3n) is 2.53. The lowest BCUT2D eigenvalue weighted by molar-refractivity contribution is 0.251. The molecule has 0 saturated heterocycles. The molecular weight excluding hydrogens is 250 g/mol. The Kier molecular flexibility index (Phi) is 6.91. The van der Waals surface area contributed by atoms with Crippen LogP contribution >= 0.6 is 24.0 Å². The molecule has 0 bridgehead atoms. The first-order valence-corrected chi connectivity index (χ1v) is 5.26. The van der Waals surface area contributed by atoms with Crippen molar-refractivity contribution in [2.24, 2.45) is 5.73 Å². The Labute approximate surface area is 107 Å². The fourth-order valence-corrected chi connectivity index (χ4v) is 1.41. The maximum absolute atomic E-state index is 13.4. The van der Waals surface area contributed by atoms with Gasteiger partial charge in [0.2, 0.25) is 0 Å². The van der Waals surface area contributed by atoms with Crippen LogP contribution in [0.15, 0.2) is 18.2 Å². The molecule has 1 atom stereocenters. The highest BCUT2D eigenvalue weighted by Gasteiger charge is 2.10. The SMILES string of the molecule is CC(CN)N(C)Cc1ccc(Cl)cc1F.Cl. The Bertz CT molecular complexity index is 334. The predicted octanol–water partition coefficient (Wildman–Crippen LogP) is 2.68. The summed E-state index contributed by atoms with van der Waals surface area (Å²) < 4.78 is 13.4. The van der Waals surface area contributed by atoms with Crippen LogP contribution in [-0.4, -0.2) is 24.5 Å². The van der Waals surface area contributed by atoms with Gasteiger partial charge in [-0.15, -0.1) is 12.4 Å². The lowest BCUT2D eigenvalue weighted by atomic mass is 10.2. The molecule has 2 nitrogen and oxygen atoms in total.